The number of benzene rings is 2. The summed E-state index contributed by atoms with van der Waals surface area (Å²) in [5.41, 5.74) is 3.80. The Hall–Kier alpha value is -3.03. The van der Waals surface area contributed by atoms with Gasteiger partial charge in [0.25, 0.3) is 0 Å². The van der Waals surface area contributed by atoms with Gasteiger partial charge in [-0.2, -0.15) is 0 Å². The molecule has 0 saturated heterocycles. The normalized spacial score (nSPS) is 12.4. The number of carboxylic acid groups (broad SMARTS) is 1. The Balaban J connectivity index is 1.63. The predicted molar refractivity (Wildman–Crippen MR) is 144 cm³/mol. The molecule has 0 aliphatic rings. The molecule has 196 valence electrons. The maximum atomic E-state index is 11.5. The van der Waals surface area contributed by atoms with E-state index in [-0.39, 0.29) is 5.92 Å². The molecule has 0 amide bonds. The number of rotatable bonds is 11. The van der Waals surface area contributed by atoms with Crippen LogP contribution in [-0.4, -0.2) is 27.3 Å². The van der Waals surface area contributed by atoms with Crippen molar-refractivity contribution >= 4 is 40.1 Å². The van der Waals surface area contributed by atoms with E-state index in [0.717, 1.165) is 34.5 Å². The highest BCUT2D eigenvalue weighted by atomic mass is 35.5. The van der Waals surface area contributed by atoms with Crippen molar-refractivity contribution in [1.29, 1.82) is 0 Å². The fourth-order valence-corrected chi connectivity index (χ4v) is 4.83. The van der Waals surface area contributed by atoms with Gasteiger partial charge in [-0.1, -0.05) is 62.5 Å². The van der Waals surface area contributed by atoms with Crippen molar-refractivity contribution in [3.63, 3.8) is 0 Å². The van der Waals surface area contributed by atoms with Crippen LogP contribution in [0.4, 0.5) is 0 Å². The zero-order chi connectivity index (χ0) is 26.7. The van der Waals surface area contributed by atoms with E-state index in [2.05, 4.69) is 25.9 Å². The first-order chi connectivity index (χ1) is 17.7. The lowest BCUT2D eigenvalue weighted by Gasteiger charge is -2.16. The molecule has 4 aromatic rings. The van der Waals surface area contributed by atoms with Gasteiger partial charge >= 0.3 is 5.97 Å². The second kappa shape index (κ2) is 11.6. The fourth-order valence-electron chi connectivity index (χ4n) is 4.34. The lowest BCUT2D eigenvalue weighted by Crippen LogP contribution is -2.26. The summed E-state index contributed by atoms with van der Waals surface area (Å²) in [6, 6.07) is 8.93. The Kier molecular flexibility index (Phi) is 8.45. The van der Waals surface area contributed by atoms with Crippen LogP contribution in [0.1, 0.15) is 69.2 Å². The minimum absolute atomic E-state index is 0.132. The number of hydrogen-bond donors (Lipinski definition) is 1. The zero-order valence-electron chi connectivity index (χ0n) is 21.3. The Morgan fingerprint density at radius 3 is 2.49 bits per heavy atom. The van der Waals surface area contributed by atoms with Gasteiger partial charge in [0.2, 0.25) is 5.89 Å². The van der Waals surface area contributed by atoms with E-state index in [1.165, 1.54) is 0 Å². The van der Waals surface area contributed by atoms with Crippen LogP contribution in [-0.2, 0) is 24.1 Å². The van der Waals surface area contributed by atoms with E-state index in [9.17, 15) is 9.90 Å². The number of fused-ring (bicyclic) bond motifs is 1. The first-order valence-corrected chi connectivity index (χ1v) is 13.2. The molecule has 0 radical (unpaired) electrons. The number of ether oxygens (including phenoxy) is 1. The molecule has 1 unspecified atom stereocenters. The van der Waals surface area contributed by atoms with Crippen LogP contribution in [0.3, 0.4) is 0 Å². The summed E-state index contributed by atoms with van der Waals surface area (Å²) in [7, 11) is 0. The van der Waals surface area contributed by atoms with Gasteiger partial charge in [0.15, 0.2) is 11.7 Å². The van der Waals surface area contributed by atoms with E-state index < -0.39 is 12.1 Å². The number of aryl methyl sites for hydroxylation is 3. The molecule has 0 spiro atoms. The summed E-state index contributed by atoms with van der Waals surface area (Å²) in [4.78, 5) is 16.3. The maximum Gasteiger partial charge on any atom is 0.344 e. The summed E-state index contributed by atoms with van der Waals surface area (Å²) in [5.74, 6) is 0.926. The SMILES string of the molecule is CCCc1c(OC(CC)C(=O)O)ccc2c(CCc3nc(-c4ccc(Cl)cc4Cl)oc3C(C)C)noc12. The number of aliphatic carboxylic acids is 1. The highest BCUT2D eigenvalue weighted by molar-refractivity contribution is 6.36. The second-order valence-electron chi connectivity index (χ2n) is 9.26. The maximum absolute atomic E-state index is 11.5. The highest BCUT2D eigenvalue weighted by Crippen LogP contribution is 2.35. The largest absolute Gasteiger partial charge is 0.479 e. The van der Waals surface area contributed by atoms with Crippen LogP contribution >= 0.6 is 23.2 Å². The van der Waals surface area contributed by atoms with Crippen LogP contribution in [0.25, 0.3) is 22.4 Å². The molecule has 2 aromatic heterocycles. The van der Waals surface area contributed by atoms with Crippen molar-refractivity contribution in [2.45, 2.75) is 71.8 Å². The topological polar surface area (TPSA) is 98.6 Å². The van der Waals surface area contributed by atoms with Crippen molar-refractivity contribution < 1.29 is 23.6 Å². The predicted octanol–water partition coefficient (Wildman–Crippen LogP) is 7.89. The molecule has 0 bridgehead atoms. The molecular formula is C28H30Cl2N2O5. The monoisotopic (exact) mass is 544 g/mol. The average Bonchev–Trinajstić information content (AvgIpc) is 3.46. The van der Waals surface area contributed by atoms with Crippen LogP contribution < -0.4 is 4.74 Å². The van der Waals surface area contributed by atoms with Gasteiger partial charge in [-0.3, -0.25) is 0 Å². The summed E-state index contributed by atoms with van der Waals surface area (Å²) >= 11 is 12.4. The standard InChI is InChI=1S/C28H30Cl2N2O5/c1-5-7-19-24(35-23(6-2)28(33)34)13-10-18-21(32-37-26(18)19)11-12-22-25(15(3)4)36-27(31-22)17-9-8-16(29)14-20(17)30/h8-10,13-15,23H,5-7,11-12H2,1-4H3,(H,33,34). The summed E-state index contributed by atoms with van der Waals surface area (Å²) in [6.07, 6.45) is 2.17. The van der Waals surface area contributed by atoms with Crippen LogP contribution in [0.5, 0.6) is 5.75 Å². The van der Waals surface area contributed by atoms with Crippen LogP contribution in [0, 0.1) is 0 Å². The molecule has 9 heteroatoms. The third-order valence-electron chi connectivity index (χ3n) is 6.20. The van der Waals surface area contributed by atoms with Gasteiger partial charge in [-0.25, -0.2) is 9.78 Å². The molecule has 2 heterocycles. The van der Waals surface area contributed by atoms with Gasteiger partial charge in [0.05, 0.1) is 22.0 Å². The number of aromatic nitrogens is 2. The third kappa shape index (κ3) is 5.78. The minimum atomic E-state index is -0.990. The van der Waals surface area contributed by atoms with Crippen molar-refractivity contribution in [2.75, 3.05) is 0 Å². The molecule has 7 nitrogen and oxygen atoms in total. The fraction of sp³-hybridized carbons (Fsp3) is 0.393. The average molecular weight is 545 g/mol. The Morgan fingerprint density at radius 1 is 1.08 bits per heavy atom. The Bertz CT molecular complexity index is 1410. The molecule has 1 N–H and O–H groups in total. The zero-order valence-corrected chi connectivity index (χ0v) is 22.8. The number of nitrogens with zero attached hydrogens (tertiary/aromatic N) is 2. The quantitative estimate of drug-likeness (QED) is 0.205. The first kappa shape index (κ1) is 27.0. The molecular weight excluding hydrogens is 515 g/mol. The van der Waals surface area contributed by atoms with Crippen molar-refractivity contribution in [3.05, 3.63) is 63.1 Å². The van der Waals surface area contributed by atoms with E-state index >= 15 is 0 Å². The van der Waals surface area contributed by atoms with Gasteiger partial charge in [-0.15, -0.1) is 0 Å². The van der Waals surface area contributed by atoms with Gasteiger partial charge in [0.1, 0.15) is 11.5 Å². The van der Waals surface area contributed by atoms with E-state index in [0.29, 0.717) is 58.5 Å². The van der Waals surface area contributed by atoms with E-state index in [1.54, 1.807) is 25.1 Å². The molecule has 0 saturated carbocycles. The number of hydrogen-bond acceptors (Lipinski definition) is 6. The number of oxazole rings is 1. The lowest BCUT2D eigenvalue weighted by molar-refractivity contribution is -0.145. The highest BCUT2D eigenvalue weighted by Gasteiger charge is 2.23. The lowest BCUT2D eigenvalue weighted by atomic mass is 10.0. The first-order valence-electron chi connectivity index (χ1n) is 12.5. The number of carbonyl (C=O) groups is 1. The van der Waals surface area contributed by atoms with Gasteiger partial charge in [-0.05, 0) is 56.0 Å². The minimum Gasteiger partial charge on any atom is -0.479 e. The third-order valence-corrected chi connectivity index (χ3v) is 6.75. The van der Waals surface area contributed by atoms with Crippen molar-refractivity contribution in [2.24, 2.45) is 0 Å². The van der Waals surface area contributed by atoms with Crippen LogP contribution in [0.2, 0.25) is 10.0 Å². The molecule has 37 heavy (non-hydrogen) atoms. The molecule has 2 aromatic carbocycles. The van der Waals surface area contributed by atoms with E-state index in [1.807, 2.05) is 12.1 Å². The Labute approximate surface area is 225 Å². The van der Waals surface area contributed by atoms with Crippen LogP contribution in [0.15, 0.2) is 39.3 Å². The summed E-state index contributed by atoms with van der Waals surface area (Å²) in [5, 5.41) is 15.7. The Morgan fingerprint density at radius 2 is 1.84 bits per heavy atom. The van der Waals surface area contributed by atoms with Gasteiger partial charge < -0.3 is 18.8 Å². The summed E-state index contributed by atoms with van der Waals surface area (Å²) < 4.78 is 17.7. The smallest absolute Gasteiger partial charge is 0.344 e. The van der Waals surface area contributed by atoms with Crippen molar-refractivity contribution in [1.82, 2.24) is 10.1 Å². The second-order valence-corrected chi connectivity index (χ2v) is 10.1. The van der Waals surface area contributed by atoms with E-state index in [4.69, 9.17) is 41.9 Å². The molecule has 4 rings (SSSR count). The number of halogens is 2. The summed E-state index contributed by atoms with van der Waals surface area (Å²) in [6.45, 7) is 7.95. The molecule has 0 fully saturated rings. The molecule has 0 aliphatic carbocycles. The van der Waals surface area contributed by atoms with Crippen molar-refractivity contribution in [3.8, 4) is 17.2 Å². The van der Waals surface area contributed by atoms with Gasteiger partial charge in [0, 0.05) is 21.9 Å². The molecule has 1 atom stereocenters. The number of carboxylic acids is 1. The molecule has 0 aliphatic heterocycles.